The van der Waals surface area contributed by atoms with Crippen LogP contribution in [0.5, 0.6) is 0 Å². The SMILES string of the molecule is Cc1nc(CCNC(=O)C2CSCN2S(=O)(=O)c2cnn(C(F)F)c2C)cs1. The first kappa shape index (κ1) is 21.1. The molecule has 3 heterocycles. The van der Waals surface area contributed by atoms with E-state index >= 15 is 0 Å². The monoisotopic (exact) mass is 451 g/mol. The van der Waals surface area contributed by atoms with E-state index in [9.17, 15) is 22.0 Å². The molecule has 0 aromatic carbocycles. The number of carbonyl (C=O) groups excluding carboxylic acids is 1. The molecular weight excluding hydrogens is 432 g/mol. The van der Waals surface area contributed by atoms with Gasteiger partial charge in [0, 0.05) is 24.1 Å². The Bertz CT molecular complexity index is 960. The number of thiazole rings is 1. The third kappa shape index (κ3) is 4.21. The number of aromatic nitrogens is 3. The van der Waals surface area contributed by atoms with Gasteiger partial charge in [-0.05, 0) is 13.8 Å². The maximum absolute atomic E-state index is 12.9. The fraction of sp³-hybridized carbons (Fsp3) is 0.533. The van der Waals surface area contributed by atoms with E-state index in [4.69, 9.17) is 0 Å². The Kier molecular flexibility index (Phi) is 6.37. The van der Waals surface area contributed by atoms with E-state index in [1.54, 1.807) is 0 Å². The van der Waals surface area contributed by atoms with E-state index in [2.05, 4.69) is 15.4 Å². The highest BCUT2D eigenvalue weighted by molar-refractivity contribution is 8.00. The summed E-state index contributed by atoms with van der Waals surface area (Å²) in [6.45, 7) is 0.550. The van der Waals surface area contributed by atoms with Crippen LogP contribution in [0, 0.1) is 13.8 Å². The van der Waals surface area contributed by atoms with Gasteiger partial charge in [-0.3, -0.25) is 4.79 Å². The number of amides is 1. The second-order valence-corrected chi connectivity index (χ2v) is 10.0. The first-order valence-electron chi connectivity index (χ1n) is 8.32. The minimum atomic E-state index is -4.13. The molecular formula is C15H19F2N5O3S3. The molecule has 1 saturated heterocycles. The predicted octanol–water partition coefficient (Wildman–Crippen LogP) is 1.77. The first-order valence-corrected chi connectivity index (χ1v) is 11.8. The summed E-state index contributed by atoms with van der Waals surface area (Å²) in [6.07, 6.45) is 1.45. The Labute approximate surface area is 169 Å². The Morgan fingerprint density at radius 3 is 2.79 bits per heavy atom. The number of halogens is 2. The number of thioether (sulfide) groups is 1. The van der Waals surface area contributed by atoms with Gasteiger partial charge in [-0.25, -0.2) is 18.1 Å². The summed E-state index contributed by atoms with van der Waals surface area (Å²) in [5.41, 5.74) is 0.702. The number of hydrogen-bond donors (Lipinski definition) is 1. The minimum absolute atomic E-state index is 0.0744. The zero-order chi connectivity index (χ0) is 20.5. The fourth-order valence-electron chi connectivity index (χ4n) is 2.81. The highest BCUT2D eigenvalue weighted by Gasteiger charge is 2.41. The summed E-state index contributed by atoms with van der Waals surface area (Å²) in [5.74, 6) is -0.0482. The van der Waals surface area contributed by atoms with Gasteiger partial charge in [-0.15, -0.1) is 23.1 Å². The van der Waals surface area contributed by atoms with Crippen molar-refractivity contribution in [2.24, 2.45) is 0 Å². The zero-order valence-electron chi connectivity index (χ0n) is 15.1. The third-order valence-corrected chi connectivity index (χ3v) is 8.22. The number of aryl methyl sites for hydroxylation is 1. The average Bonchev–Trinajstić information content (AvgIpc) is 3.34. The molecule has 0 bridgehead atoms. The van der Waals surface area contributed by atoms with Crippen molar-refractivity contribution >= 4 is 39.0 Å². The highest BCUT2D eigenvalue weighted by atomic mass is 32.2. The van der Waals surface area contributed by atoms with Crippen LogP contribution in [0.2, 0.25) is 0 Å². The number of nitrogens with one attached hydrogen (secondary N) is 1. The molecule has 1 unspecified atom stereocenters. The van der Waals surface area contributed by atoms with Crippen molar-refractivity contribution in [3.05, 3.63) is 28.0 Å². The van der Waals surface area contributed by atoms with E-state index in [1.165, 1.54) is 30.0 Å². The molecule has 0 radical (unpaired) electrons. The molecule has 154 valence electrons. The van der Waals surface area contributed by atoms with Crippen molar-refractivity contribution < 1.29 is 22.0 Å². The van der Waals surface area contributed by atoms with Gasteiger partial charge in [-0.2, -0.15) is 18.2 Å². The lowest BCUT2D eigenvalue weighted by Crippen LogP contribution is -2.47. The summed E-state index contributed by atoms with van der Waals surface area (Å²) in [6, 6.07) is -0.901. The third-order valence-electron chi connectivity index (χ3n) is 4.26. The van der Waals surface area contributed by atoms with Crippen LogP contribution in [0.25, 0.3) is 0 Å². The van der Waals surface area contributed by atoms with E-state index in [0.717, 1.165) is 21.2 Å². The zero-order valence-corrected chi connectivity index (χ0v) is 17.6. The number of carbonyl (C=O) groups is 1. The molecule has 1 aliphatic heterocycles. The lowest BCUT2D eigenvalue weighted by molar-refractivity contribution is -0.123. The van der Waals surface area contributed by atoms with Gasteiger partial charge in [0.25, 0.3) is 0 Å². The molecule has 1 amide bonds. The molecule has 13 heteroatoms. The predicted molar refractivity (Wildman–Crippen MR) is 102 cm³/mol. The van der Waals surface area contributed by atoms with Crippen molar-refractivity contribution in [1.82, 2.24) is 24.4 Å². The van der Waals surface area contributed by atoms with Gasteiger partial charge >= 0.3 is 6.55 Å². The van der Waals surface area contributed by atoms with Gasteiger partial charge < -0.3 is 5.32 Å². The summed E-state index contributed by atoms with van der Waals surface area (Å²) in [7, 11) is -4.13. The summed E-state index contributed by atoms with van der Waals surface area (Å²) in [5, 5.41) is 9.04. The molecule has 8 nitrogen and oxygen atoms in total. The lowest BCUT2D eigenvalue weighted by atomic mass is 10.3. The van der Waals surface area contributed by atoms with Gasteiger partial charge in [0.1, 0.15) is 10.9 Å². The van der Waals surface area contributed by atoms with Crippen LogP contribution in [0.15, 0.2) is 16.5 Å². The van der Waals surface area contributed by atoms with Crippen molar-refractivity contribution in [1.29, 1.82) is 0 Å². The minimum Gasteiger partial charge on any atom is -0.354 e. The molecule has 3 rings (SSSR count). The summed E-state index contributed by atoms with van der Waals surface area (Å²) < 4.78 is 53.1. The van der Waals surface area contributed by atoms with E-state index in [0.29, 0.717) is 23.4 Å². The fourth-order valence-corrected chi connectivity index (χ4v) is 6.75. The molecule has 1 fully saturated rings. The molecule has 1 N–H and O–H groups in total. The molecule has 2 aromatic heterocycles. The van der Waals surface area contributed by atoms with Crippen LogP contribution in [0.4, 0.5) is 8.78 Å². The second-order valence-electron chi connectivity index (χ2n) is 6.12. The molecule has 28 heavy (non-hydrogen) atoms. The quantitative estimate of drug-likeness (QED) is 0.689. The molecule has 0 aliphatic carbocycles. The standard InChI is InChI=1S/C15H19F2N5O3S3/c1-9-13(5-19-22(9)15(16)17)28(24,25)21-8-26-7-12(21)14(23)18-4-3-11-6-27-10(2)20-11/h5-6,12,15H,3-4,7-8H2,1-2H3,(H,18,23). The van der Waals surface area contributed by atoms with Crippen LogP contribution >= 0.6 is 23.1 Å². The largest absolute Gasteiger partial charge is 0.354 e. The van der Waals surface area contributed by atoms with E-state index in [-0.39, 0.29) is 16.5 Å². The van der Waals surface area contributed by atoms with Crippen LogP contribution in [-0.4, -0.2) is 57.6 Å². The number of alkyl halides is 2. The first-order chi connectivity index (χ1) is 13.2. The van der Waals surface area contributed by atoms with Crippen LogP contribution in [0.1, 0.15) is 22.9 Å². The lowest BCUT2D eigenvalue weighted by Gasteiger charge is -2.22. The average molecular weight is 452 g/mol. The van der Waals surface area contributed by atoms with Crippen molar-refractivity contribution in [2.45, 2.75) is 37.8 Å². The smallest absolute Gasteiger partial charge is 0.333 e. The second kappa shape index (κ2) is 8.43. The maximum atomic E-state index is 12.9. The normalized spacial score (nSPS) is 18.1. The molecule has 1 aliphatic rings. The molecule has 2 aromatic rings. The van der Waals surface area contributed by atoms with Gasteiger partial charge in [0.05, 0.1) is 28.5 Å². The molecule has 0 saturated carbocycles. The van der Waals surface area contributed by atoms with Gasteiger partial charge in [-0.1, -0.05) is 0 Å². The summed E-state index contributed by atoms with van der Waals surface area (Å²) >= 11 is 2.81. The Morgan fingerprint density at radius 2 is 2.18 bits per heavy atom. The van der Waals surface area contributed by atoms with Gasteiger partial charge in [0.15, 0.2) is 0 Å². The van der Waals surface area contributed by atoms with Crippen LogP contribution < -0.4 is 5.32 Å². The topological polar surface area (TPSA) is 97.2 Å². The van der Waals surface area contributed by atoms with E-state index < -0.39 is 28.5 Å². The summed E-state index contributed by atoms with van der Waals surface area (Å²) in [4.78, 5) is 16.5. The van der Waals surface area contributed by atoms with Crippen molar-refractivity contribution in [3.8, 4) is 0 Å². The van der Waals surface area contributed by atoms with Crippen LogP contribution in [0.3, 0.4) is 0 Å². The molecule has 0 spiro atoms. The maximum Gasteiger partial charge on any atom is 0.333 e. The molecule has 1 atom stereocenters. The Morgan fingerprint density at radius 1 is 1.43 bits per heavy atom. The van der Waals surface area contributed by atoms with Crippen molar-refractivity contribution in [3.63, 3.8) is 0 Å². The number of nitrogens with zero attached hydrogens (tertiary/aromatic N) is 4. The Balaban J connectivity index is 1.70. The van der Waals surface area contributed by atoms with Gasteiger partial charge in [0.2, 0.25) is 15.9 Å². The number of rotatable bonds is 7. The van der Waals surface area contributed by atoms with E-state index in [1.807, 2.05) is 12.3 Å². The highest BCUT2D eigenvalue weighted by Crippen LogP contribution is 2.30. The number of hydrogen-bond acceptors (Lipinski definition) is 7. The Hall–Kier alpha value is -1.57. The number of sulfonamides is 1. The van der Waals surface area contributed by atoms with Crippen molar-refractivity contribution in [2.75, 3.05) is 18.2 Å². The van der Waals surface area contributed by atoms with Crippen LogP contribution in [-0.2, 0) is 21.2 Å².